The van der Waals surface area contributed by atoms with Gasteiger partial charge in [0.1, 0.15) is 0 Å². The zero-order chi connectivity index (χ0) is 20.9. The molecule has 0 radical (unpaired) electrons. The van der Waals surface area contributed by atoms with Gasteiger partial charge in [-0.1, -0.05) is 47.6 Å². The number of nitrogens with one attached hydrogen (secondary N) is 1. The van der Waals surface area contributed by atoms with Gasteiger partial charge in [-0.15, -0.1) is 21.5 Å². The lowest BCUT2D eigenvalue weighted by Gasteiger charge is -2.13. The van der Waals surface area contributed by atoms with Crippen molar-refractivity contribution in [1.82, 2.24) is 20.1 Å². The summed E-state index contributed by atoms with van der Waals surface area (Å²) >= 11 is 9.04. The molecular weight excluding hydrogens is 436 g/mol. The number of carbonyl (C=O) groups excluding carboxylic acids is 1. The first-order valence-corrected chi connectivity index (χ1v) is 11.6. The summed E-state index contributed by atoms with van der Waals surface area (Å²) in [6.07, 6.45) is 0. The van der Waals surface area contributed by atoms with Crippen molar-refractivity contribution in [3.05, 3.63) is 81.5 Å². The molecule has 4 rings (SSSR count). The second-order valence-corrected chi connectivity index (χ2v) is 8.99. The Morgan fingerprint density at radius 3 is 2.63 bits per heavy atom. The molecule has 0 aliphatic heterocycles. The molecule has 0 fully saturated rings. The standard InChI is InChI=1S/C22H19ClN4OS2/c1-15-5-2-3-7-19(15)27-21(16-8-10-17(23)11-9-16)25-26-22(27)30-14-20(28)24-13-18-6-4-12-29-18/h2-12H,13-14H2,1H3,(H,24,28). The molecule has 0 spiro atoms. The highest BCUT2D eigenvalue weighted by atomic mass is 35.5. The smallest absolute Gasteiger partial charge is 0.230 e. The van der Waals surface area contributed by atoms with Crippen molar-refractivity contribution in [1.29, 1.82) is 0 Å². The van der Waals surface area contributed by atoms with Gasteiger partial charge < -0.3 is 5.32 Å². The van der Waals surface area contributed by atoms with Crippen molar-refractivity contribution in [3.63, 3.8) is 0 Å². The highest BCUT2D eigenvalue weighted by molar-refractivity contribution is 7.99. The molecule has 0 atom stereocenters. The average molecular weight is 455 g/mol. The van der Waals surface area contributed by atoms with Crippen molar-refractivity contribution in [2.24, 2.45) is 0 Å². The van der Waals surface area contributed by atoms with Crippen LogP contribution in [-0.4, -0.2) is 26.4 Å². The first-order valence-electron chi connectivity index (χ1n) is 9.31. The van der Waals surface area contributed by atoms with E-state index in [1.54, 1.807) is 11.3 Å². The van der Waals surface area contributed by atoms with E-state index in [4.69, 9.17) is 11.6 Å². The summed E-state index contributed by atoms with van der Waals surface area (Å²) in [6, 6.07) is 19.5. The number of aryl methyl sites for hydroxylation is 1. The monoisotopic (exact) mass is 454 g/mol. The third kappa shape index (κ3) is 4.75. The summed E-state index contributed by atoms with van der Waals surface area (Å²) in [4.78, 5) is 13.5. The lowest BCUT2D eigenvalue weighted by molar-refractivity contribution is -0.118. The summed E-state index contributed by atoms with van der Waals surface area (Å²) in [6.45, 7) is 2.58. The molecule has 0 bridgehead atoms. The summed E-state index contributed by atoms with van der Waals surface area (Å²) < 4.78 is 2.00. The van der Waals surface area contributed by atoms with Crippen LogP contribution >= 0.6 is 34.7 Å². The van der Waals surface area contributed by atoms with Crippen molar-refractivity contribution in [2.75, 3.05) is 5.75 Å². The van der Waals surface area contributed by atoms with Gasteiger partial charge in [-0.2, -0.15) is 0 Å². The number of aromatic nitrogens is 3. The van der Waals surface area contributed by atoms with E-state index in [9.17, 15) is 4.79 Å². The maximum absolute atomic E-state index is 12.3. The largest absolute Gasteiger partial charge is 0.350 e. The molecular formula is C22H19ClN4OS2. The first kappa shape index (κ1) is 20.7. The van der Waals surface area contributed by atoms with Crippen molar-refractivity contribution < 1.29 is 4.79 Å². The summed E-state index contributed by atoms with van der Waals surface area (Å²) in [5, 5.41) is 15.1. The van der Waals surface area contributed by atoms with Gasteiger partial charge in [-0.25, -0.2) is 0 Å². The Kier molecular flexibility index (Phi) is 6.52. The molecule has 0 aliphatic rings. The molecule has 0 aliphatic carbocycles. The second-order valence-electron chi connectivity index (χ2n) is 6.58. The molecule has 5 nitrogen and oxygen atoms in total. The minimum absolute atomic E-state index is 0.0409. The predicted octanol–water partition coefficient (Wildman–Crippen LogP) is 5.37. The number of thioether (sulfide) groups is 1. The van der Waals surface area contributed by atoms with Gasteiger partial charge in [-0.3, -0.25) is 9.36 Å². The number of rotatable bonds is 7. The molecule has 152 valence electrons. The third-order valence-electron chi connectivity index (χ3n) is 4.46. The Morgan fingerprint density at radius 2 is 1.90 bits per heavy atom. The number of nitrogens with zero attached hydrogens (tertiary/aromatic N) is 3. The van der Waals surface area contributed by atoms with Gasteiger partial charge in [0.15, 0.2) is 11.0 Å². The molecule has 2 aromatic carbocycles. The van der Waals surface area contributed by atoms with Crippen LogP contribution in [0.1, 0.15) is 10.4 Å². The van der Waals surface area contributed by atoms with Crippen LogP contribution in [0, 0.1) is 6.92 Å². The van der Waals surface area contributed by atoms with Crippen LogP contribution < -0.4 is 5.32 Å². The van der Waals surface area contributed by atoms with Crippen molar-refractivity contribution >= 4 is 40.6 Å². The molecule has 2 heterocycles. The quantitative estimate of drug-likeness (QED) is 0.381. The van der Waals surface area contributed by atoms with Gasteiger partial charge in [-0.05, 0) is 54.3 Å². The number of para-hydroxylation sites is 1. The highest BCUT2D eigenvalue weighted by Crippen LogP contribution is 2.30. The molecule has 0 saturated carbocycles. The number of halogens is 1. The Morgan fingerprint density at radius 1 is 1.10 bits per heavy atom. The van der Waals surface area contributed by atoms with Gasteiger partial charge in [0.25, 0.3) is 0 Å². The van der Waals surface area contributed by atoms with Gasteiger partial charge in [0.05, 0.1) is 18.0 Å². The number of carbonyl (C=O) groups is 1. The zero-order valence-electron chi connectivity index (χ0n) is 16.2. The van der Waals surface area contributed by atoms with E-state index < -0.39 is 0 Å². The lowest BCUT2D eigenvalue weighted by Crippen LogP contribution is -2.24. The SMILES string of the molecule is Cc1ccccc1-n1c(SCC(=O)NCc2cccs2)nnc1-c1ccc(Cl)cc1. The zero-order valence-corrected chi connectivity index (χ0v) is 18.6. The normalized spacial score (nSPS) is 10.9. The van der Waals surface area contributed by atoms with Crippen LogP contribution in [0.25, 0.3) is 17.1 Å². The van der Waals surface area contributed by atoms with E-state index in [1.807, 2.05) is 77.5 Å². The average Bonchev–Trinajstić information content (AvgIpc) is 3.42. The Balaban J connectivity index is 1.59. The highest BCUT2D eigenvalue weighted by Gasteiger charge is 2.18. The lowest BCUT2D eigenvalue weighted by atomic mass is 10.1. The third-order valence-corrected chi connectivity index (χ3v) is 6.52. The topological polar surface area (TPSA) is 59.8 Å². The van der Waals surface area contributed by atoms with Crippen LogP contribution in [0.4, 0.5) is 0 Å². The van der Waals surface area contributed by atoms with E-state index in [-0.39, 0.29) is 11.7 Å². The van der Waals surface area contributed by atoms with E-state index in [0.717, 1.165) is 21.7 Å². The number of hydrogen-bond donors (Lipinski definition) is 1. The molecule has 8 heteroatoms. The van der Waals surface area contributed by atoms with Crippen LogP contribution in [0.3, 0.4) is 0 Å². The molecule has 0 unspecified atom stereocenters. The summed E-state index contributed by atoms with van der Waals surface area (Å²) in [7, 11) is 0. The van der Waals surface area contributed by atoms with E-state index in [2.05, 4.69) is 15.5 Å². The van der Waals surface area contributed by atoms with Crippen LogP contribution in [0.5, 0.6) is 0 Å². The molecule has 2 aromatic heterocycles. The minimum Gasteiger partial charge on any atom is -0.350 e. The fraction of sp³-hybridized carbons (Fsp3) is 0.136. The summed E-state index contributed by atoms with van der Waals surface area (Å²) in [5.41, 5.74) is 2.98. The maximum Gasteiger partial charge on any atom is 0.230 e. The molecule has 1 N–H and O–H groups in total. The minimum atomic E-state index is -0.0409. The molecule has 0 saturated heterocycles. The fourth-order valence-electron chi connectivity index (χ4n) is 2.96. The Hall–Kier alpha value is -2.61. The number of hydrogen-bond acceptors (Lipinski definition) is 5. The van der Waals surface area contributed by atoms with Crippen LogP contribution in [0.2, 0.25) is 5.02 Å². The number of benzene rings is 2. The van der Waals surface area contributed by atoms with Gasteiger partial charge in [0.2, 0.25) is 5.91 Å². The van der Waals surface area contributed by atoms with E-state index in [1.165, 1.54) is 11.8 Å². The van der Waals surface area contributed by atoms with E-state index >= 15 is 0 Å². The van der Waals surface area contributed by atoms with Crippen molar-refractivity contribution in [3.8, 4) is 17.1 Å². The second kappa shape index (κ2) is 9.47. The number of amides is 1. The predicted molar refractivity (Wildman–Crippen MR) is 123 cm³/mol. The molecule has 30 heavy (non-hydrogen) atoms. The number of thiophene rings is 1. The fourth-order valence-corrected chi connectivity index (χ4v) is 4.51. The van der Waals surface area contributed by atoms with Gasteiger partial charge in [0, 0.05) is 15.5 Å². The van der Waals surface area contributed by atoms with E-state index in [0.29, 0.717) is 22.5 Å². The molecule has 4 aromatic rings. The Bertz CT molecular complexity index is 1140. The van der Waals surface area contributed by atoms with Crippen molar-refractivity contribution in [2.45, 2.75) is 18.6 Å². The van der Waals surface area contributed by atoms with Crippen LogP contribution in [0.15, 0.2) is 71.2 Å². The summed E-state index contributed by atoms with van der Waals surface area (Å²) in [5.74, 6) is 0.930. The first-order chi connectivity index (χ1) is 14.6. The maximum atomic E-state index is 12.3. The van der Waals surface area contributed by atoms with Gasteiger partial charge >= 0.3 is 0 Å². The van der Waals surface area contributed by atoms with Crippen LogP contribution in [-0.2, 0) is 11.3 Å². The Labute approximate surface area is 188 Å². The molecule has 1 amide bonds.